The molecule has 0 spiro atoms. The van der Waals surface area contributed by atoms with E-state index in [0.717, 1.165) is 3.92 Å². The van der Waals surface area contributed by atoms with E-state index in [9.17, 15) is 0 Å². The molecule has 0 saturated carbocycles. The average Bonchev–Trinajstić information content (AvgIpc) is 2.13. The monoisotopic (exact) mass is 309 g/mol. The molecule has 0 aromatic carbocycles. The van der Waals surface area contributed by atoms with E-state index >= 15 is 0 Å². The van der Waals surface area contributed by atoms with Gasteiger partial charge in [-0.1, -0.05) is 55.2 Å². The number of rotatable bonds is 4. The molecule has 1 nitrogen and oxygen atoms in total. The third-order valence-electron chi connectivity index (χ3n) is 3.03. The topological polar surface area (TPSA) is 3.24 Å². The lowest BCUT2D eigenvalue weighted by Gasteiger charge is -2.27. The van der Waals surface area contributed by atoms with Gasteiger partial charge in [-0.15, -0.1) is 0 Å². The Morgan fingerprint density at radius 1 is 1.21 bits per heavy atom. The molecule has 0 N–H and O–H groups in total. The first-order chi connectivity index (χ1) is 6.83. The molecule has 1 aliphatic rings. The Bertz CT molecular complexity index is 138. The summed E-state index contributed by atoms with van der Waals surface area (Å²) in [5, 5.41) is 0. The Morgan fingerprint density at radius 3 is 2.86 bits per heavy atom. The van der Waals surface area contributed by atoms with Gasteiger partial charge < -0.3 is 4.90 Å². The van der Waals surface area contributed by atoms with Gasteiger partial charge in [-0.3, -0.25) is 0 Å². The summed E-state index contributed by atoms with van der Waals surface area (Å²) in [7, 11) is 0. The molecular weight excluding hydrogens is 285 g/mol. The van der Waals surface area contributed by atoms with Crippen LogP contribution in [0.5, 0.6) is 0 Å². The van der Waals surface area contributed by atoms with E-state index in [2.05, 4.69) is 34.4 Å². The first kappa shape index (κ1) is 12.8. The molecule has 1 saturated heterocycles. The third-order valence-corrected chi connectivity index (χ3v) is 4.04. The van der Waals surface area contributed by atoms with E-state index in [-0.39, 0.29) is 0 Å². The molecule has 14 heavy (non-hydrogen) atoms. The maximum Gasteiger partial charge on any atom is 0.0237 e. The highest BCUT2D eigenvalue weighted by Gasteiger charge is 2.13. The van der Waals surface area contributed by atoms with Crippen molar-refractivity contribution < 1.29 is 0 Å². The maximum atomic E-state index is 2.69. The van der Waals surface area contributed by atoms with Crippen LogP contribution in [0.1, 0.15) is 51.9 Å². The van der Waals surface area contributed by atoms with Crippen molar-refractivity contribution >= 4 is 22.6 Å². The van der Waals surface area contributed by atoms with Crippen LogP contribution < -0.4 is 0 Å². The van der Waals surface area contributed by atoms with E-state index in [1.165, 1.54) is 64.6 Å². The molecular formula is C12H24IN. The number of alkyl halides is 1. The molecule has 1 atom stereocenters. The number of unbranched alkanes of at least 4 members (excludes halogenated alkanes) is 2. The zero-order chi connectivity index (χ0) is 10.2. The van der Waals surface area contributed by atoms with Gasteiger partial charge in [-0.2, -0.15) is 0 Å². The van der Waals surface area contributed by atoms with Gasteiger partial charge in [0.1, 0.15) is 0 Å². The molecule has 1 aliphatic heterocycles. The van der Waals surface area contributed by atoms with Crippen LogP contribution in [0, 0.1) is 0 Å². The van der Waals surface area contributed by atoms with Crippen LogP contribution in [-0.4, -0.2) is 28.5 Å². The normalized spacial score (nSPS) is 25.7. The Balaban J connectivity index is 2.18. The summed E-state index contributed by atoms with van der Waals surface area (Å²) in [5.41, 5.74) is 0. The van der Waals surface area contributed by atoms with Crippen LogP contribution in [0.4, 0.5) is 0 Å². The molecule has 0 aromatic rings. The van der Waals surface area contributed by atoms with Crippen LogP contribution in [0.2, 0.25) is 0 Å². The smallest absolute Gasteiger partial charge is 0.0237 e. The van der Waals surface area contributed by atoms with Crippen molar-refractivity contribution in [3.63, 3.8) is 0 Å². The lowest BCUT2D eigenvalue weighted by atomic mass is 10.1. The van der Waals surface area contributed by atoms with Crippen molar-refractivity contribution in [2.75, 3.05) is 19.6 Å². The number of hydrogen-bond donors (Lipinski definition) is 0. The second-order valence-corrected chi connectivity index (χ2v) is 6.22. The van der Waals surface area contributed by atoms with Crippen LogP contribution in [0.15, 0.2) is 0 Å². The van der Waals surface area contributed by atoms with Gasteiger partial charge in [0.05, 0.1) is 0 Å². The number of likely N-dealkylation sites (tertiary alicyclic amines) is 1. The summed E-state index contributed by atoms with van der Waals surface area (Å²) in [6.45, 7) is 6.31. The zero-order valence-corrected chi connectivity index (χ0v) is 11.6. The van der Waals surface area contributed by atoms with E-state index in [0.29, 0.717) is 0 Å². The number of halogens is 1. The van der Waals surface area contributed by atoms with Gasteiger partial charge in [0.15, 0.2) is 0 Å². The minimum Gasteiger partial charge on any atom is -0.302 e. The van der Waals surface area contributed by atoms with Crippen molar-refractivity contribution in [3.8, 4) is 0 Å². The molecule has 1 rings (SSSR count). The van der Waals surface area contributed by atoms with Gasteiger partial charge in [-0.05, 0) is 32.4 Å². The minimum absolute atomic E-state index is 0.898. The second-order valence-electron chi connectivity index (χ2n) is 4.45. The Morgan fingerprint density at radius 2 is 2.07 bits per heavy atom. The summed E-state index contributed by atoms with van der Waals surface area (Å²) >= 11 is 2.63. The zero-order valence-electron chi connectivity index (χ0n) is 9.47. The van der Waals surface area contributed by atoms with Crippen LogP contribution in [-0.2, 0) is 0 Å². The summed E-state index contributed by atoms with van der Waals surface area (Å²) < 4.78 is 0.898. The van der Waals surface area contributed by atoms with Crippen molar-refractivity contribution in [3.05, 3.63) is 0 Å². The van der Waals surface area contributed by atoms with Crippen molar-refractivity contribution in [2.45, 2.75) is 55.8 Å². The first-order valence-corrected chi connectivity index (χ1v) is 7.44. The van der Waals surface area contributed by atoms with Gasteiger partial charge in [0, 0.05) is 10.5 Å². The standard InChI is InChI=1S/C12H24IN/c1-2-3-6-9-14-10-7-4-5-8-12(13)11-14/h12H,2-11H2,1H3. The van der Waals surface area contributed by atoms with E-state index in [4.69, 9.17) is 0 Å². The molecule has 0 aromatic heterocycles. The lowest BCUT2D eigenvalue weighted by Crippen LogP contribution is -2.33. The summed E-state index contributed by atoms with van der Waals surface area (Å²) in [4.78, 5) is 2.69. The van der Waals surface area contributed by atoms with Crippen LogP contribution in [0.25, 0.3) is 0 Å². The SMILES string of the molecule is CCCCCN1CCCCCC(I)C1. The number of hydrogen-bond acceptors (Lipinski definition) is 1. The number of nitrogens with zero attached hydrogens (tertiary/aromatic N) is 1. The highest BCUT2D eigenvalue weighted by molar-refractivity contribution is 14.1. The molecule has 1 fully saturated rings. The van der Waals surface area contributed by atoms with Crippen molar-refractivity contribution in [1.29, 1.82) is 0 Å². The molecule has 0 bridgehead atoms. The van der Waals surface area contributed by atoms with E-state index < -0.39 is 0 Å². The molecule has 1 heterocycles. The molecule has 1 unspecified atom stereocenters. The summed E-state index contributed by atoms with van der Waals surface area (Å²) in [6.07, 6.45) is 9.92. The predicted octanol–water partition coefficient (Wildman–Crippen LogP) is 3.86. The summed E-state index contributed by atoms with van der Waals surface area (Å²) in [5.74, 6) is 0. The fraction of sp³-hybridized carbons (Fsp3) is 1.00. The third kappa shape index (κ3) is 5.54. The van der Waals surface area contributed by atoms with Crippen molar-refractivity contribution in [1.82, 2.24) is 4.90 Å². The van der Waals surface area contributed by atoms with Gasteiger partial charge in [-0.25, -0.2) is 0 Å². The fourth-order valence-corrected chi connectivity index (χ4v) is 3.13. The van der Waals surface area contributed by atoms with Gasteiger partial charge >= 0.3 is 0 Å². The molecule has 0 radical (unpaired) electrons. The average molecular weight is 309 g/mol. The fourth-order valence-electron chi connectivity index (χ4n) is 2.13. The maximum absolute atomic E-state index is 2.69. The Hall–Kier alpha value is 0.690. The van der Waals surface area contributed by atoms with E-state index in [1.807, 2.05) is 0 Å². The highest BCUT2D eigenvalue weighted by Crippen LogP contribution is 2.17. The molecule has 2 heteroatoms. The van der Waals surface area contributed by atoms with Crippen molar-refractivity contribution in [2.24, 2.45) is 0 Å². The Kier molecular flexibility index (Phi) is 7.21. The van der Waals surface area contributed by atoms with Crippen LogP contribution >= 0.6 is 22.6 Å². The Labute approximate surface area is 103 Å². The first-order valence-electron chi connectivity index (χ1n) is 6.19. The highest BCUT2D eigenvalue weighted by atomic mass is 127. The molecule has 0 aliphatic carbocycles. The lowest BCUT2D eigenvalue weighted by molar-refractivity contribution is 0.250. The van der Waals surface area contributed by atoms with E-state index in [1.54, 1.807) is 0 Å². The largest absolute Gasteiger partial charge is 0.302 e. The second kappa shape index (κ2) is 7.91. The summed E-state index contributed by atoms with van der Waals surface area (Å²) in [6, 6.07) is 0. The van der Waals surface area contributed by atoms with Crippen LogP contribution in [0.3, 0.4) is 0 Å². The quantitative estimate of drug-likeness (QED) is 0.433. The molecule has 84 valence electrons. The predicted molar refractivity (Wildman–Crippen MR) is 72.2 cm³/mol. The van der Waals surface area contributed by atoms with Gasteiger partial charge in [0.25, 0.3) is 0 Å². The molecule has 0 amide bonds. The van der Waals surface area contributed by atoms with Gasteiger partial charge in [0.2, 0.25) is 0 Å². The minimum atomic E-state index is 0.898.